The van der Waals surface area contributed by atoms with E-state index in [2.05, 4.69) is 15.0 Å². The molecule has 1 N–H and O–H groups in total. The Hall–Kier alpha value is -1.47. The number of nitrogens with zero attached hydrogens (tertiary/aromatic N) is 5. The zero-order valence-corrected chi connectivity index (χ0v) is 13.7. The minimum absolute atomic E-state index is 0.0623. The molecule has 0 unspecified atom stereocenters. The SMILES string of the molecule is O=C(Cn1cncn1)N1C[C@@H](CN2CCCCCC2)[C@@H](CO)C1. The minimum Gasteiger partial charge on any atom is -0.396 e. The third-order valence-electron chi connectivity index (χ3n) is 5.12. The first-order valence-corrected chi connectivity index (χ1v) is 8.69. The van der Waals surface area contributed by atoms with Crippen LogP contribution in [0.25, 0.3) is 0 Å². The number of rotatable bonds is 5. The molecular formula is C16H27N5O2. The lowest BCUT2D eigenvalue weighted by molar-refractivity contribution is -0.131. The summed E-state index contributed by atoms with van der Waals surface area (Å²) in [6, 6.07) is 0. The van der Waals surface area contributed by atoms with Crippen molar-refractivity contribution in [1.29, 1.82) is 0 Å². The van der Waals surface area contributed by atoms with Crippen molar-refractivity contribution in [3.05, 3.63) is 12.7 Å². The lowest BCUT2D eigenvalue weighted by Gasteiger charge is -2.26. The summed E-state index contributed by atoms with van der Waals surface area (Å²) in [6.45, 7) is 5.10. The van der Waals surface area contributed by atoms with Gasteiger partial charge in [-0.3, -0.25) is 4.79 Å². The van der Waals surface area contributed by atoms with Gasteiger partial charge in [-0.1, -0.05) is 12.8 Å². The lowest BCUT2D eigenvalue weighted by atomic mass is 9.96. The maximum absolute atomic E-state index is 12.4. The average Bonchev–Trinajstić information content (AvgIpc) is 3.12. The molecule has 0 radical (unpaired) electrons. The molecule has 0 spiro atoms. The van der Waals surface area contributed by atoms with Gasteiger partial charge in [0.15, 0.2) is 0 Å². The highest BCUT2D eigenvalue weighted by Gasteiger charge is 2.35. The van der Waals surface area contributed by atoms with Crippen LogP contribution in [0.2, 0.25) is 0 Å². The summed E-state index contributed by atoms with van der Waals surface area (Å²) in [5, 5.41) is 13.7. The number of aromatic nitrogens is 3. The van der Waals surface area contributed by atoms with E-state index in [9.17, 15) is 9.90 Å². The van der Waals surface area contributed by atoms with E-state index < -0.39 is 0 Å². The van der Waals surface area contributed by atoms with Gasteiger partial charge in [0.05, 0.1) is 0 Å². The van der Waals surface area contributed by atoms with Gasteiger partial charge in [-0.05, 0) is 31.8 Å². The monoisotopic (exact) mass is 321 g/mol. The number of carbonyl (C=O) groups excluding carboxylic acids is 1. The van der Waals surface area contributed by atoms with Crippen LogP contribution < -0.4 is 0 Å². The molecule has 3 heterocycles. The number of aliphatic hydroxyl groups excluding tert-OH is 1. The van der Waals surface area contributed by atoms with Gasteiger partial charge < -0.3 is 14.9 Å². The maximum atomic E-state index is 12.4. The van der Waals surface area contributed by atoms with E-state index in [1.54, 1.807) is 11.0 Å². The summed E-state index contributed by atoms with van der Waals surface area (Å²) in [4.78, 5) is 20.7. The highest BCUT2D eigenvalue weighted by Crippen LogP contribution is 2.25. The van der Waals surface area contributed by atoms with Crippen molar-refractivity contribution in [1.82, 2.24) is 24.6 Å². The molecule has 2 aliphatic heterocycles. The first-order chi connectivity index (χ1) is 11.3. The van der Waals surface area contributed by atoms with Crippen molar-refractivity contribution in [2.75, 3.05) is 39.3 Å². The van der Waals surface area contributed by atoms with Crippen LogP contribution in [-0.2, 0) is 11.3 Å². The topological polar surface area (TPSA) is 74.5 Å². The predicted octanol–water partition coefficient (Wildman–Crippen LogP) is 0.221. The molecule has 23 heavy (non-hydrogen) atoms. The number of aliphatic hydroxyl groups is 1. The molecule has 7 heteroatoms. The normalized spacial score (nSPS) is 26.4. The van der Waals surface area contributed by atoms with E-state index in [0.717, 1.165) is 26.2 Å². The average molecular weight is 321 g/mol. The molecule has 0 bridgehead atoms. The fourth-order valence-electron chi connectivity index (χ4n) is 3.76. The Bertz CT molecular complexity index is 485. The van der Waals surface area contributed by atoms with Gasteiger partial charge in [-0.25, -0.2) is 9.67 Å². The van der Waals surface area contributed by atoms with Crippen LogP contribution in [0, 0.1) is 11.8 Å². The number of hydrogen-bond donors (Lipinski definition) is 1. The number of likely N-dealkylation sites (tertiary alicyclic amines) is 2. The third-order valence-corrected chi connectivity index (χ3v) is 5.12. The Balaban J connectivity index is 1.55. The van der Waals surface area contributed by atoms with Crippen LogP contribution in [0.4, 0.5) is 0 Å². The van der Waals surface area contributed by atoms with Gasteiger partial charge in [0.2, 0.25) is 5.91 Å². The number of hydrogen-bond acceptors (Lipinski definition) is 5. The molecule has 128 valence electrons. The van der Waals surface area contributed by atoms with E-state index in [0.29, 0.717) is 12.5 Å². The Morgan fingerprint density at radius 1 is 1.13 bits per heavy atom. The van der Waals surface area contributed by atoms with E-state index in [-0.39, 0.29) is 25.0 Å². The first kappa shape index (κ1) is 16.4. The fraction of sp³-hybridized carbons (Fsp3) is 0.812. The Morgan fingerprint density at radius 3 is 2.52 bits per heavy atom. The smallest absolute Gasteiger partial charge is 0.244 e. The van der Waals surface area contributed by atoms with Crippen molar-refractivity contribution in [3.63, 3.8) is 0 Å². The minimum atomic E-state index is 0.0623. The highest BCUT2D eigenvalue weighted by atomic mass is 16.3. The zero-order chi connectivity index (χ0) is 16.1. The molecule has 2 aliphatic rings. The predicted molar refractivity (Wildman–Crippen MR) is 85.6 cm³/mol. The summed E-state index contributed by atoms with van der Waals surface area (Å²) >= 11 is 0. The van der Waals surface area contributed by atoms with Gasteiger partial charge in [0, 0.05) is 32.2 Å². The molecule has 0 aromatic carbocycles. The van der Waals surface area contributed by atoms with Gasteiger partial charge in [-0.15, -0.1) is 0 Å². The summed E-state index contributed by atoms with van der Waals surface area (Å²) in [6.07, 6.45) is 8.19. The van der Waals surface area contributed by atoms with Gasteiger partial charge in [-0.2, -0.15) is 5.10 Å². The second-order valence-corrected chi connectivity index (χ2v) is 6.81. The van der Waals surface area contributed by atoms with Crippen LogP contribution in [-0.4, -0.2) is 74.9 Å². The number of carbonyl (C=O) groups is 1. The van der Waals surface area contributed by atoms with Crippen LogP contribution in [0.15, 0.2) is 12.7 Å². The molecule has 1 amide bonds. The van der Waals surface area contributed by atoms with E-state index >= 15 is 0 Å². The number of amides is 1. The molecule has 2 atom stereocenters. The molecule has 2 fully saturated rings. The summed E-state index contributed by atoms with van der Waals surface area (Å²) in [5.41, 5.74) is 0. The highest BCUT2D eigenvalue weighted by molar-refractivity contribution is 5.76. The standard InChI is InChI=1S/C16H27N5O2/c22-11-15-9-20(16(23)10-21-13-17-12-18-21)8-14(15)7-19-5-3-1-2-4-6-19/h12-15,22H,1-11H2/t14-,15-/m1/s1. The molecule has 7 nitrogen and oxygen atoms in total. The Labute approximate surface area is 137 Å². The Kier molecular flexibility index (Phi) is 5.61. The first-order valence-electron chi connectivity index (χ1n) is 8.69. The van der Waals surface area contributed by atoms with E-state index in [4.69, 9.17) is 0 Å². The molecule has 3 rings (SSSR count). The van der Waals surface area contributed by atoms with Gasteiger partial charge in [0.1, 0.15) is 19.2 Å². The summed E-state index contributed by atoms with van der Waals surface area (Å²) < 4.78 is 1.55. The van der Waals surface area contributed by atoms with Gasteiger partial charge in [0.25, 0.3) is 0 Å². The molecule has 2 saturated heterocycles. The van der Waals surface area contributed by atoms with Crippen molar-refractivity contribution < 1.29 is 9.90 Å². The zero-order valence-electron chi connectivity index (χ0n) is 13.7. The lowest BCUT2D eigenvalue weighted by Crippen LogP contribution is -2.35. The van der Waals surface area contributed by atoms with Crippen LogP contribution in [0.5, 0.6) is 0 Å². The maximum Gasteiger partial charge on any atom is 0.244 e. The van der Waals surface area contributed by atoms with Crippen LogP contribution in [0.3, 0.4) is 0 Å². The second-order valence-electron chi connectivity index (χ2n) is 6.81. The van der Waals surface area contributed by atoms with E-state index in [1.165, 1.54) is 32.0 Å². The van der Waals surface area contributed by atoms with Crippen molar-refractivity contribution in [2.45, 2.75) is 32.2 Å². The molecule has 1 aromatic heterocycles. The van der Waals surface area contributed by atoms with Crippen LogP contribution >= 0.6 is 0 Å². The van der Waals surface area contributed by atoms with Crippen molar-refractivity contribution >= 4 is 5.91 Å². The fourth-order valence-corrected chi connectivity index (χ4v) is 3.76. The van der Waals surface area contributed by atoms with Crippen molar-refractivity contribution in [2.24, 2.45) is 11.8 Å². The molecule has 0 saturated carbocycles. The Morgan fingerprint density at radius 2 is 1.87 bits per heavy atom. The second kappa shape index (κ2) is 7.88. The summed E-state index contributed by atoms with van der Waals surface area (Å²) in [7, 11) is 0. The van der Waals surface area contributed by atoms with Gasteiger partial charge >= 0.3 is 0 Å². The van der Waals surface area contributed by atoms with E-state index in [1.807, 2.05) is 4.90 Å². The summed E-state index contributed by atoms with van der Waals surface area (Å²) in [5.74, 6) is 0.628. The molecule has 0 aliphatic carbocycles. The molecular weight excluding hydrogens is 294 g/mol. The third kappa shape index (κ3) is 4.29. The van der Waals surface area contributed by atoms with Crippen LogP contribution in [0.1, 0.15) is 25.7 Å². The van der Waals surface area contributed by atoms with Crippen molar-refractivity contribution in [3.8, 4) is 0 Å². The quantitative estimate of drug-likeness (QED) is 0.840. The largest absolute Gasteiger partial charge is 0.396 e. The molecule has 1 aromatic rings.